The third kappa shape index (κ3) is 11.0. The van der Waals surface area contributed by atoms with Crippen LogP contribution in [0.4, 0.5) is 0 Å². The van der Waals surface area contributed by atoms with E-state index in [0.29, 0.717) is 39.0 Å². The van der Waals surface area contributed by atoms with Gasteiger partial charge in [-0.2, -0.15) is 0 Å². The molecule has 2 fully saturated rings. The van der Waals surface area contributed by atoms with E-state index < -0.39 is 0 Å². The van der Waals surface area contributed by atoms with Crippen LogP contribution in [0, 0.1) is 0 Å². The van der Waals surface area contributed by atoms with Gasteiger partial charge in [0.05, 0.1) is 41.3 Å². The first kappa shape index (κ1) is 49.2. The third-order valence-electron chi connectivity index (χ3n) is 13.4. The van der Waals surface area contributed by atoms with Gasteiger partial charge in [0.2, 0.25) is 24.2 Å². The van der Waals surface area contributed by atoms with Crippen molar-refractivity contribution < 1.29 is 24.1 Å². The number of aryl methyl sites for hydroxylation is 4. The Kier molecular flexibility index (Phi) is 15.7. The molecule has 0 bridgehead atoms. The smallest absolute Gasteiger partial charge is 0.227 e. The van der Waals surface area contributed by atoms with Gasteiger partial charge in [-0.25, -0.2) is 4.57 Å². The number of pyridine rings is 4. The molecule has 0 saturated carbocycles. The van der Waals surface area contributed by atoms with E-state index in [9.17, 15) is 14.8 Å². The number of hydrogen-bond acceptors (Lipinski definition) is 7. The lowest BCUT2D eigenvalue weighted by Crippen LogP contribution is -2.50. The molecule has 0 radical (unpaired) electrons. The van der Waals surface area contributed by atoms with Crippen LogP contribution in [0.15, 0.2) is 116 Å². The largest absolute Gasteiger partial charge is 0.340 e. The number of carbonyl (C=O) groups is 2. The maximum atomic E-state index is 13.0. The summed E-state index contributed by atoms with van der Waals surface area (Å²) in [6, 6.07) is 20.1. The average Bonchev–Trinajstić information content (AvgIpc) is 3.60. The average molecular weight is 1210 g/mol. The minimum absolute atomic E-state index is 0.00128. The molecular weight excluding hydrogens is 1160 g/mol. The Morgan fingerprint density at radius 2 is 1.15 bits per heavy atom. The highest BCUT2D eigenvalue weighted by Gasteiger charge is 2.36. The fraction of sp³-hybridized carbons (Fsp3) is 0.333. The SMILES string of the molecule is C[n+]1ccc(CC(=O)N2CCN([C@@H]3c4ccc(Cl)c(Br)c4CCc4cc(Br)cnc43)CC2)cc1.O=C(Cc1cc[n+](O)cc1)N1CCN([C@@H]2c3ncc(Br)cc3CCc3cc(Cl)cc(Br)c32)CC1. The van der Waals surface area contributed by atoms with Crippen LogP contribution in [-0.4, -0.2) is 98.9 Å². The Morgan fingerprint density at radius 1 is 0.647 bits per heavy atom. The normalized spacial score (nSPS) is 18.2. The molecule has 2 amide bonds. The van der Waals surface area contributed by atoms with Gasteiger partial charge >= 0.3 is 0 Å². The van der Waals surface area contributed by atoms with Crippen LogP contribution >= 0.6 is 86.9 Å². The number of amides is 2. The summed E-state index contributed by atoms with van der Waals surface area (Å²) in [5, 5.41) is 10.9. The highest BCUT2D eigenvalue weighted by Crippen LogP contribution is 2.43. The predicted molar refractivity (Wildman–Crippen MR) is 276 cm³/mol. The van der Waals surface area contributed by atoms with Crippen molar-refractivity contribution in [2.75, 3.05) is 52.4 Å². The van der Waals surface area contributed by atoms with Gasteiger partial charge in [0.1, 0.15) is 7.05 Å². The van der Waals surface area contributed by atoms with Crippen molar-refractivity contribution in [3.05, 3.63) is 182 Å². The van der Waals surface area contributed by atoms with E-state index in [2.05, 4.69) is 97.8 Å². The summed E-state index contributed by atoms with van der Waals surface area (Å²) in [7, 11) is 1.98. The highest BCUT2D eigenvalue weighted by atomic mass is 79.9. The lowest BCUT2D eigenvalue weighted by atomic mass is 9.96. The van der Waals surface area contributed by atoms with Crippen LogP contribution in [0.2, 0.25) is 10.0 Å². The Bertz CT molecular complexity index is 2840. The minimum atomic E-state index is -0.00128. The van der Waals surface area contributed by atoms with Crippen molar-refractivity contribution in [2.45, 2.75) is 50.6 Å². The van der Waals surface area contributed by atoms with Gasteiger partial charge in [-0.05, 0) is 148 Å². The molecule has 1 N–H and O–H groups in total. The van der Waals surface area contributed by atoms with Gasteiger partial charge in [0, 0.05) is 117 Å². The molecule has 4 aliphatic rings. The van der Waals surface area contributed by atoms with Crippen LogP contribution in [0.25, 0.3) is 0 Å². The molecule has 6 aromatic rings. The van der Waals surface area contributed by atoms with Crippen molar-refractivity contribution in [1.82, 2.24) is 29.6 Å². The van der Waals surface area contributed by atoms with Gasteiger partial charge < -0.3 is 9.80 Å². The molecule has 352 valence electrons. The van der Waals surface area contributed by atoms with Crippen molar-refractivity contribution in [2.24, 2.45) is 7.05 Å². The zero-order valence-electron chi connectivity index (χ0n) is 37.4. The number of rotatable bonds is 6. The third-order valence-corrected chi connectivity index (χ3v) is 16.6. The summed E-state index contributed by atoms with van der Waals surface area (Å²) in [5.74, 6) is 0.291. The van der Waals surface area contributed by atoms with Gasteiger partial charge in [0.15, 0.2) is 12.4 Å². The van der Waals surface area contributed by atoms with Gasteiger partial charge in [0.25, 0.3) is 0 Å². The predicted octanol–water partition coefficient (Wildman–Crippen LogP) is 9.02. The number of nitrogens with zero attached hydrogens (tertiary/aromatic N) is 8. The van der Waals surface area contributed by atoms with E-state index in [-0.39, 0.29) is 23.9 Å². The molecule has 6 heterocycles. The Labute approximate surface area is 440 Å². The van der Waals surface area contributed by atoms with E-state index in [1.54, 1.807) is 12.1 Å². The van der Waals surface area contributed by atoms with Crippen molar-refractivity contribution >= 4 is 98.7 Å². The fourth-order valence-corrected chi connectivity index (χ4v) is 12.5. The number of carbonyl (C=O) groups excluding carboxylic acids is 2. The molecule has 2 aliphatic carbocycles. The molecule has 2 atom stereocenters. The van der Waals surface area contributed by atoms with E-state index in [0.717, 1.165) is 107 Å². The second-order valence-corrected chi connectivity index (χ2v) is 22.1. The zero-order valence-corrected chi connectivity index (χ0v) is 45.3. The molecule has 11 nitrogen and oxygen atoms in total. The molecule has 68 heavy (non-hydrogen) atoms. The molecule has 0 unspecified atom stereocenters. The van der Waals surface area contributed by atoms with Crippen LogP contribution in [-0.2, 0) is 55.2 Å². The van der Waals surface area contributed by atoms with Gasteiger partial charge in [-0.1, -0.05) is 45.2 Å². The Hall–Kier alpha value is -3.80. The molecular formula is C51H50Br4Cl2N8O3+2. The molecule has 0 spiro atoms. The Balaban J connectivity index is 0.000000170. The number of halogens is 6. The molecule has 2 saturated heterocycles. The summed E-state index contributed by atoms with van der Waals surface area (Å²) in [5.41, 5.74) is 11.6. The number of fused-ring (bicyclic) bond motifs is 4. The summed E-state index contributed by atoms with van der Waals surface area (Å²) < 4.78 is 6.92. The number of aromatic nitrogens is 4. The van der Waals surface area contributed by atoms with Gasteiger partial charge in [-0.3, -0.25) is 34.6 Å². The van der Waals surface area contributed by atoms with Gasteiger partial charge in [-0.15, -0.1) is 0 Å². The number of piperazine rings is 2. The zero-order chi connectivity index (χ0) is 47.6. The summed E-state index contributed by atoms with van der Waals surface area (Å²) in [6.07, 6.45) is 15.2. The van der Waals surface area contributed by atoms with E-state index in [1.807, 2.05) is 70.5 Å². The Morgan fingerprint density at radius 3 is 1.72 bits per heavy atom. The number of hydrogen-bond donors (Lipinski definition) is 1. The molecule has 4 aromatic heterocycles. The second kappa shape index (κ2) is 21.7. The van der Waals surface area contributed by atoms with Crippen LogP contribution < -0.4 is 9.30 Å². The monoisotopic (exact) mass is 1210 g/mol. The van der Waals surface area contributed by atoms with Crippen LogP contribution in [0.3, 0.4) is 0 Å². The summed E-state index contributed by atoms with van der Waals surface area (Å²) in [6.45, 7) is 5.87. The molecule has 2 aromatic carbocycles. The maximum absolute atomic E-state index is 13.0. The second-order valence-electron chi connectivity index (χ2n) is 17.7. The van der Waals surface area contributed by atoms with E-state index in [4.69, 9.17) is 33.2 Å². The first-order chi connectivity index (χ1) is 32.8. The topological polar surface area (TPSA) is 101 Å². The molecule has 17 heteroatoms. The maximum Gasteiger partial charge on any atom is 0.227 e. The fourth-order valence-electron chi connectivity index (χ4n) is 9.93. The lowest BCUT2D eigenvalue weighted by molar-refractivity contribution is -0.904. The highest BCUT2D eigenvalue weighted by molar-refractivity contribution is 9.11. The van der Waals surface area contributed by atoms with E-state index >= 15 is 0 Å². The summed E-state index contributed by atoms with van der Waals surface area (Å²) >= 11 is 27.6. The standard InChI is InChI=1S/C26H26Br2ClN4O.C25H24Br2ClN4O2/c1-31-8-6-17(7-9-31)14-23(34)32-10-12-33(13-11-32)26-21-4-5-22(29)24(28)20(21)3-2-18-15-19(27)16-30-25(18)26;26-19-12-18-2-1-17-13-20(28)14-21(27)23(17)25(24(18)29-15-19)31-9-7-30(8-10-31)22(33)11-16-3-5-32(34)6-4-16/h4-9,15-16,26H,2-3,10-14H2,1H3;3-6,12-15,25,34H,1-2,7-11H2/q2*+1/t26-;25-/m10/s1. The molecule has 2 aliphatic heterocycles. The van der Waals surface area contributed by atoms with Crippen LogP contribution in [0.1, 0.15) is 68.0 Å². The number of benzene rings is 2. The minimum Gasteiger partial charge on any atom is -0.340 e. The quantitative estimate of drug-likeness (QED) is 0.131. The van der Waals surface area contributed by atoms with Crippen molar-refractivity contribution in [3.8, 4) is 0 Å². The lowest BCUT2D eigenvalue weighted by Gasteiger charge is -2.40. The van der Waals surface area contributed by atoms with Crippen molar-refractivity contribution in [3.63, 3.8) is 0 Å². The van der Waals surface area contributed by atoms with Crippen molar-refractivity contribution in [1.29, 1.82) is 0 Å². The van der Waals surface area contributed by atoms with Crippen LogP contribution in [0.5, 0.6) is 0 Å². The first-order valence-corrected chi connectivity index (χ1v) is 26.6. The molecule has 10 rings (SSSR count). The van der Waals surface area contributed by atoms with E-state index in [1.165, 1.54) is 45.8 Å². The first-order valence-electron chi connectivity index (χ1n) is 22.7. The summed E-state index contributed by atoms with van der Waals surface area (Å²) in [4.78, 5) is 44.5.